The number of guanidine groups is 1. The van der Waals surface area contributed by atoms with Crippen LogP contribution in [-0.2, 0) is 11.3 Å². The second kappa shape index (κ2) is 9.91. The van der Waals surface area contributed by atoms with E-state index in [4.69, 9.17) is 4.74 Å². The average Bonchev–Trinajstić information content (AvgIpc) is 2.63. The highest BCUT2D eigenvalue weighted by Crippen LogP contribution is 2.15. The van der Waals surface area contributed by atoms with Crippen LogP contribution in [0, 0.1) is 5.92 Å². The van der Waals surface area contributed by atoms with Crippen molar-refractivity contribution in [2.45, 2.75) is 33.2 Å². The molecule has 2 N–H and O–H groups in total. The number of nitrogens with one attached hydrogen (secondary N) is 2. The Morgan fingerprint density at radius 3 is 2.72 bits per heavy atom. The van der Waals surface area contributed by atoms with Crippen LogP contribution in [0.15, 0.2) is 29.3 Å². The molecular formula is C19H30N4O2. The number of likely N-dealkylation sites (tertiary alicyclic amines) is 1. The predicted octanol–water partition coefficient (Wildman–Crippen LogP) is 2.01. The summed E-state index contributed by atoms with van der Waals surface area (Å²) in [7, 11) is 1.64. The molecule has 25 heavy (non-hydrogen) atoms. The molecule has 0 aromatic heterocycles. The van der Waals surface area contributed by atoms with Gasteiger partial charge in [-0.3, -0.25) is 4.79 Å². The zero-order valence-corrected chi connectivity index (χ0v) is 15.5. The zero-order chi connectivity index (χ0) is 18.1. The van der Waals surface area contributed by atoms with Crippen molar-refractivity contribution in [3.05, 3.63) is 29.8 Å². The van der Waals surface area contributed by atoms with E-state index in [0.29, 0.717) is 12.5 Å². The Hall–Kier alpha value is -2.24. The zero-order valence-electron chi connectivity index (χ0n) is 15.5. The second-order valence-corrected chi connectivity index (χ2v) is 6.49. The molecule has 6 heteroatoms. The molecule has 1 fully saturated rings. The molecule has 1 saturated heterocycles. The summed E-state index contributed by atoms with van der Waals surface area (Å²) < 4.78 is 5.13. The van der Waals surface area contributed by atoms with Crippen LogP contribution < -0.4 is 15.4 Å². The Bertz CT molecular complexity index is 571. The van der Waals surface area contributed by atoms with Gasteiger partial charge in [-0.15, -0.1) is 0 Å². The third kappa shape index (κ3) is 6.29. The van der Waals surface area contributed by atoms with Crippen LogP contribution in [0.4, 0.5) is 0 Å². The molecule has 0 saturated carbocycles. The fraction of sp³-hybridized carbons (Fsp3) is 0.579. The van der Waals surface area contributed by atoms with E-state index in [1.807, 2.05) is 31.2 Å². The molecule has 0 spiro atoms. The lowest BCUT2D eigenvalue weighted by atomic mass is 10.0. The van der Waals surface area contributed by atoms with Gasteiger partial charge in [0.2, 0.25) is 5.91 Å². The number of hydrogen-bond acceptors (Lipinski definition) is 3. The van der Waals surface area contributed by atoms with Crippen molar-refractivity contribution in [1.29, 1.82) is 0 Å². The van der Waals surface area contributed by atoms with Crippen LogP contribution in [0.1, 0.15) is 32.3 Å². The fourth-order valence-corrected chi connectivity index (χ4v) is 2.95. The third-order valence-electron chi connectivity index (χ3n) is 4.31. The van der Waals surface area contributed by atoms with Gasteiger partial charge in [0.15, 0.2) is 5.96 Å². The molecule has 1 amide bonds. The van der Waals surface area contributed by atoms with E-state index >= 15 is 0 Å². The first-order valence-corrected chi connectivity index (χ1v) is 9.05. The van der Waals surface area contributed by atoms with Gasteiger partial charge in [-0.2, -0.15) is 0 Å². The van der Waals surface area contributed by atoms with Crippen molar-refractivity contribution in [2.24, 2.45) is 10.9 Å². The summed E-state index contributed by atoms with van der Waals surface area (Å²) >= 11 is 0. The topological polar surface area (TPSA) is 66.0 Å². The third-order valence-corrected chi connectivity index (χ3v) is 4.31. The summed E-state index contributed by atoms with van der Waals surface area (Å²) in [6.07, 6.45) is 2.44. The standard InChI is InChI=1S/C19H30N4O2/c1-4-20-19(23-11-5-6-15(2)14-23)22-13-18(24)21-12-16-7-9-17(25-3)10-8-16/h7-10,15H,4-6,11-14H2,1-3H3,(H,20,22)(H,21,24). The van der Waals surface area contributed by atoms with Crippen LogP contribution in [0.5, 0.6) is 5.75 Å². The number of nitrogens with zero attached hydrogens (tertiary/aromatic N) is 2. The summed E-state index contributed by atoms with van der Waals surface area (Å²) in [6.45, 7) is 7.75. The van der Waals surface area contributed by atoms with Gasteiger partial charge in [0, 0.05) is 26.2 Å². The van der Waals surface area contributed by atoms with Crippen LogP contribution in [0.3, 0.4) is 0 Å². The van der Waals surface area contributed by atoms with Crippen molar-refractivity contribution in [3.63, 3.8) is 0 Å². The molecule has 2 rings (SSSR count). The number of carbonyl (C=O) groups excluding carboxylic acids is 1. The molecule has 1 unspecified atom stereocenters. The van der Waals surface area contributed by atoms with E-state index in [0.717, 1.165) is 36.9 Å². The second-order valence-electron chi connectivity index (χ2n) is 6.49. The molecule has 6 nitrogen and oxygen atoms in total. The highest BCUT2D eigenvalue weighted by atomic mass is 16.5. The summed E-state index contributed by atoms with van der Waals surface area (Å²) in [6, 6.07) is 7.67. The Morgan fingerprint density at radius 2 is 2.08 bits per heavy atom. The number of aliphatic imine (C=N–C) groups is 1. The highest BCUT2D eigenvalue weighted by Gasteiger charge is 2.19. The largest absolute Gasteiger partial charge is 0.497 e. The van der Waals surface area contributed by atoms with Gasteiger partial charge in [-0.25, -0.2) is 4.99 Å². The van der Waals surface area contributed by atoms with Gasteiger partial charge in [-0.05, 0) is 43.4 Å². The minimum absolute atomic E-state index is 0.0729. The van der Waals surface area contributed by atoms with Crippen LogP contribution in [0.2, 0.25) is 0 Å². The Morgan fingerprint density at radius 1 is 1.32 bits per heavy atom. The van der Waals surface area contributed by atoms with Gasteiger partial charge in [-0.1, -0.05) is 19.1 Å². The number of hydrogen-bond donors (Lipinski definition) is 2. The predicted molar refractivity (Wildman–Crippen MR) is 101 cm³/mol. The molecule has 1 aromatic rings. The number of carbonyl (C=O) groups is 1. The van der Waals surface area contributed by atoms with Crippen LogP contribution in [0.25, 0.3) is 0 Å². The molecule has 1 aliphatic heterocycles. The molecule has 1 atom stereocenters. The van der Waals surface area contributed by atoms with Crippen LogP contribution >= 0.6 is 0 Å². The summed E-state index contributed by atoms with van der Waals surface area (Å²) in [5.74, 6) is 2.25. The maximum Gasteiger partial charge on any atom is 0.242 e. The van der Waals surface area contributed by atoms with Crippen LogP contribution in [-0.4, -0.2) is 50.1 Å². The van der Waals surface area contributed by atoms with Crippen molar-refractivity contribution >= 4 is 11.9 Å². The van der Waals surface area contributed by atoms with Gasteiger partial charge in [0.25, 0.3) is 0 Å². The van der Waals surface area contributed by atoms with Crippen molar-refractivity contribution in [2.75, 3.05) is 33.3 Å². The van der Waals surface area contributed by atoms with Gasteiger partial charge in [0.05, 0.1) is 7.11 Å². The Balaban J connectivity index is 1.84. The SMILES string of the molecule is CCNC(=NCC(=O)NCc1ccc(OC)cc1)N1CCCC(C)C1. The quantitative estimate of drug-likeness (QED) is 0.611. The average molecular weight is 346 g/mol. The smallest absolute Gasteiger partial charge is 0.242 e. The number of methoxy groups -OCH3 is 1. The highest BCUT2D eigenvalue weighted by molar-refractivity contribution is 5.85. The molecule has 1 aromatic carbocycles. The first-order valence-electron chi connectivity index (χ1n) is 9.05. The minimum Gasteiger partial charge on any atom is -0.497 e. The maximum atomic E-state index is 12.1. The number of piperidine rings is 1. The lowest BCUT2D eigenvalue weighted by Crippen LogP contribution is -2.46. The molecule has 138 valence electrons. The van der Waals surface area contributed by atoms with Gasteiger partial charge < -0.3 is 20.3 Å². The Labute approximate surface area is 150 Å². The Kier molecular flexibility index (Phi) is 7.57. The van der Waals surface area contributed by atoms with E-state index in [-0.39, 0.29) is 12.5 Å². The molecule has 1 aliphatic rings. The normalized spacial score (nSPS) is 18.0. The lowest BCUT2D eigenvalue weighted by molar-refractivity contribution is -0.119. The summed E-state index contributed by atoms with van der Waals surface area (Å²) in [4.78, 5) is 18.9. The first-order chi connectivity index (χ1) is 12.1. The number of benzene rings is 1. The van der Waals surface area contributed by atoms with E-state index in [1.54, 1.807) is 7.11 Å². The number of ether oxygens (including phenoxy) is 1. The van der Waals surface area contributed by atoms with Gasteiger partial charge >= 0.3 is 0 Å². The number of amides is 1. The molecule has 0 bridgehead atoms. The lowest BCUT2D eigenvalue weighted by Gasteiger charge is -2.33. The minimum atomic E-state index is -0.0729. The monoisotopic (exact) mass is 346 g/mol. The first kappa shape index (κ1) is 19.1. The van der Waals surface area contributed by atoms with E-state index in [9.17, 15) is 4.79 Å². The van der Waals surface area contributed by atoms with Crippen molar-refractivity contribution in [1.82, 2.24) is 15.5 Å². The van der Waals surface area contributed by atoms with Crippen molar-refractivity contribution < 1.29 is 9.53 Å². The molecule has 0 aliphatic carbocycles. The molecular weight excluding hydrogens is 316 g/mol. The van der Waals surface area contributed by atoms with Gasteiger partial charge in [0.1, 0.15) is 12.3 Å². The fourth-order valence-electron chi connectivity index (χ4n) is 2.95. The van der Waals surface area contributed by atoms with E-state index in [1.165, 1.54) is 12.8 Å². The molecule has 0 radical (unpaired) electrons. The summed E-state index contributed by atoms with van der Waals surface area (Å²) in [5, 5.41) is 6.21. The van der Waals surface area contributed by atoms with Crippen molar-refractivity contribution in [3.8, 4) is 5.75 Å². The van der Waals surface area contributed by atoms with E-state index < -0.39 is 0 Å². The maximum absolute atomic E-state index is 12.1. The number of rotatable bonds is 6. The van der Waals surface area contributed by atoms with E-state index in [2.05, 4.69) is 27.4 Å². The summed E-state index contributed by atoms with van der Waals surface area (Å²) in [5.41, 5.74) is 1.04. The molecule has 1 heterocycles.